The average Bonchev–Trinajstić information content (AvgIpc) is 2.89. The highest BCUT2D eigenvalue weighted by atomic mass is 15.1. The fraction of sp³-hybridized carbons (Fsp3) is 0.308. The number of H-pyrrole nitrogens is 1. The lowest BCUT2D eigenvalue weighted by Crippen LogP contribution is -1.75. The van der Waals surface area contributed by atoms with Gasteiger partial charge in [-0.05, 0) is 11.6 Å². The van der Waals surface area contributed by atoms with E-state index >= 15 is 0 Å². The number of benzene rings is 1. The zero-order chi connectivity index (χ0) is 11.5. The maximum atomic E-state index is 3.87. The molecule has 0 aliphatic carbocycles. The zero-order valence-electron chi connectivity index (χ0n) is 9.99. The van der Waals surface area contributed by atoms with Crippen molar-refractivity contribution in [3.05, 3.63) is 42.6 Å². The van der Waals surface area contributed by atoms with Crippen LogP contribution in [0.2, 0.25) is 0 Å². The van der Waals surface area contributed by atoms with Gasteiger partial charge in [-0.25, -0.2) is 0 Å². The Morgan fingerprint density at radius 1 is 0.867 bits per heavy atom. The van der Waals surface area contributed by atoms with Crippen molar-refractivity contribution in [2.24, 2.45) is 0 Å². The minimum atomic E-state index is 1.06. The molecule has 1 aromatic heterocycles. The molecule has 1 aromatic carbocycles. The number of aromatic nitrogens is 2. The van der Waals surface area contributed by atoms with E-state index in [2.05, 4.69) is 10.2 Å². The quantitative estimate of drug-likeness (QED) is 0.743. The van der Waals surface area contributed by atoms with Crippen LogP contribution >= 0.6 is 0 Å². The molecule has 0 amide bonds. The van der Waals surface area contributed by atoms with E-state index in [1.165, 1.54) is 5.56 Å². The van der Waals surface area contributed by atoms with Crippen molar-refractivity contribution in [1.29, 1.82) is 0 Å². The van der Waals surface area contributed by atoms with Gasteiger partial charge in [-0.1, -0.05) is 58.0 Å². The normalized spacial score (nSPS) is 8.00. The number of aromatic amines is 1. The van der Waals surface area contributed by atoms with Gasteiger partial charge in [0, 0.05) is 6.20 Å². The van der Waals surface area contributed by atoms with E-state index < -0.39 is 0 Å². The van der Waals surface area contributed by atoms with Crippen molar-refractivity contribution >= 4 is 0 Å². The Kier molecular flexibility index (Phi) is 8.06. The highest BCUT2D eigenvalue weighted by Gasteiger charge is 1.94. The first-order chi connectivity index (χ1) is 7.47. The van der Waals surface area contributed by atoms with E-state index in [1.54, 1.807) is 6.20 Å². The first kappa shape index (κ1) is 13.4. The molecule has 0 saturated heterocycles. The van der Waals surface area contributed by atoms with Gasteiger partial charge in [-0.2, -0.15) is 5.10 Å². The summed E-state index contributed by atoms with van der Waals surface area (Å²) in [6, 6.07) is 12.1. The van der Waals surface area contributed by atoms with E-state index in [-0.39, 0.29) is 0 Å². The van der Waals surface area contributed by atoms with Crippen LogP contribution in [0.15, 0.2) is 42.6 Å². The standard InChI is InChI=1S/C9H8N2.2C2H6/c1-2-4-8(5-3-1)9-6-7-10-11-9;2*1-2/h1-7H,(H,10,11);2*1-2H3. The number of rotatable bonds is 1. The van der Waals surface area contributed by atoms with Crippen molar-refractivity contribution in [3.8, 4) is 11.3 Å². The lowest BCUT2D eigenvalue weighted by molar-refractivity contribution is 1.10. The van der Waals surface area contributed by atoms with Crippen molar-refractivity contribution in [2.45, 2.75) is 27.7 Å². The largest absolute Gasteiger partial charge is 0.278 e. The molecule has 1 N–H and O–H groups in total. The van der Waals surface area contributed by atoms with Crippen LogP contribution in [0.3, 0.4) is 0 Å². The molecule has 0 bridgehead atoms. The molecule has 0 saturated carbocycles. The third-order valence-corrected chi connectivity index (χ3v) is 1.59. The van der Waals surface area contributed by atoms with Crippen molar-refractivity contribution in [2.75, 3.05) is 0 Å². The highest BCUT2D eigenvalue weighted by molar-refractivity contribution is 5.57. The van der Waals surface area contributed by atoms with Crippen LogP contribution in [-0.4, -0.2) is 10.2 Å². The summed E-state index contributed by atoms with van der Waals surface area (Å²) < 4.78 is 0. The molecule has 0 aliphatic heterocycles. The maximum Gasteiger partial charge on any atom is 0.0650 e. The number of nitrogens with zero attached hydrogens (tertiary/aromatic N) is 1. The monoisotopic (exact) mass is 204 g/mol. The van der Waals surface area contributed by atoms with Crippen LogP contribution in [0, 0.1) is 0 Å². The lowest BCUT2D eigenvalue weighted by Gasteiger charge is -1.93. The predicted octanol–water partition coefficient (Wildman–Crippen LogP) is 4.13. The summed E-state index contributed by atoms with van der Waals surface area (Å²) in [7, 11) is 0. The van der Waals surface area contributed by atoms with Crippen LogP contribution in [-0.2, 0) is 0 Å². The third kappa shape index (κ3) is 4.45. The topological polar surface area (TPSA) is 28.7 Å². The van der Waals surface area contributed by atoms with Crippen LogP contribution in [0.1, 0.15) is 27.7 Å². The van der Waals surface area contributed by atoms with Crippen LogP contribution in [0.25, 0.3) is 11.3 Å². The molecule has 2 rings (SSSR count). The first-order valence-corrected chi connectivity index (χ1v) is 5.51. The van der Waals surface area contributed by atoms with Crippen LogP contribution in [0.5, 0.6) is 0 Å². The molecule has 0 unspecified atom stereocenters. The number of nitrogens with one attached hydrogen (secondary N) is 1. The van der Waals surface area contributed by atoms with Gasteiger partial charge in [0.15, 0.2) is 0 Å². The maximum absolute atomic E-state index is 3.87. The second kappa shape index (κ2) is 9.00. The number of hydrogen-bond donors (Lipinski definition) is 1. The van der Waals surface area contributed by atoms with E-state index in [1.807, 2.05) is 64.1 Å². The Hall–Kier alpha value is -1.57. The molecular weight excluding hydrogens is 184 g/mol. The molecule has 82 valence electrons. The van der Waals surface area contributed by atoms with Crippen molar-refractivity contribution < 1.29 is 0 Å². The van der Waals surface area contributed by atoms with Crippen molar-refractivity contribution in [3.63, 3.8) is 0 Å². The Morgan fingerprint density at radius 2 is 1.47 bits per heavy atom. The minimum Gasteiger partial charge on any atom is -0.278 e. The predicted molar refractivity (Wildman–Crippen MR) is 66.7 cm³/mol. The Labute approximate surface area is 92.4 Å². The van der Waals surface area contributed by atoms with E-state index in [0.29, 0.717) is 0 Å². The third-order valence-electron chi connectivity index (χ3n) is 1.59. The minimum absolute atomic E-state index is 1.06. The molecular formula is C13H20N2. The molecule has 0 fully saturated rings. The SMILES string of the molecule is CC.CC.c1ccc(-c2ccn[nH]2)cc1. The van der Waals surface area contributed by atoms with E-state index in [9.17, 15) is 0 Å². The lowest BCUT2D eigenvalue weighted by atomic mass is 10.2. The Bertz CT molecular complexity index is 312. The van der Waals surface area contributed by atoms with Crippen molar-refractivity contribution in [1.82, 2.24) is 10.2 Å². The Balaban J connectivity index is 0.000000442. The summed E-state index contributed by atoms with van der Waals surface area (Å²) in [5.74, 6) is 0. The molecule has 2 nitrogen and oxygen atoms in total. The van der Waals surface area contributed by atoms with E-state index in [0.717, 1.165) is 5.69 Å². The van der Waals surface area contributed by atoms with E-state index in [4.69, 9.17) is 0 Å². The Morgan fingerprint density at radius 3 is 1.93 bits per heavy atom. The van der Waals surface area contributed by atoms with Gasteiger partial charge >= 0.3 is 0 Å². The fourth-order valence-corrected chi connectivity index (χ4v) is 1.03. The average molecular weight is 204 g/mol. The van der Waals surface area contributed by atoms with Gasteiger partial charge in [-0.15, -0.1) is 0 Å². The molecule has 0 radical (unpaired) electrons. The molecule has 0 spiro atoms. The van der Waals surface area contributed by atoms with Gasteiger partial charge in [0.05, 0.1) is 5.69 Å². The molecule has 0 aliphatic rings. The zero-order valence-corrected chi connectivity index (χ0v) is 9.99. The fourth-order valence-electron chi connectivity index (χ4n) is 1.03. The molecule has 15 heavy (non-hydrogen) atoms. The summed E-state index contributed by atoms with van der Waals surface area (Å²) in [5, 5.41) is 6.78. The molecule has 2 heteroatoms. The van der Waals surface area contributed by atoms with Gasteiger partial charge in [-0.3, -0.25) is 5.10 Å². The number of hydrogen-bond acceptors (Lipinski definition) is 1. The second-order valence-corrected chi connectivity index (χ2v) is 2.34. The van der Waals surface area contributed by atoms with Gasteiger partial charge < -0.3 is 0 Å². The summed E-state index contributed by atoms with van der Waals surface area (Å²) in [6.07, 6.45) is 1.75. The van der Waals surface area contributed by atoms with Crippen LogP contribution in [0.4, 0.5) is 0 Å². The van der Waals surface area contributed by atoms with Gasteiger partial charge in [0.2, 0.25) is 0 Å². The second-order valence-electron chi connectivity index (χ2n) is 2.34. The summed E-state index contributed by atoms with van der Waals surface area (Å²) in [5.41, 5.74) is 2.23. The molecule has 1 heterocycles. The molecule has 2 aromatic rings. The van der Waals surface area contributed by atoms with Crippen LogP contribution < -0.4 is 0 Å². The highest BCUT2D eigenvalue weighted by Crippen LogP contribution is 2.13. The smallest absolute Gasteiger partial charge is 0.0650 e. The first-order valence-electron chi connectivity index (χ1n) is 5.51. The summed E-state index contributed by atoms with van der Waals surface area (Å²) in [4.78, 5) is 0. The van der Waals surface area contributed by atoms with Gasteiger partial charge in [0.1, 0.15) is 0 Å². The molecule has 0 atom stereocenters. The van der Waals surface area contributed by atoms with Gasteiger partial charge in [0.25, 0.3) is 0 Å². The summed E-state index contributed by atoms with van der Waals surface area (Å²) >= 11 is 0. The summed E-state index contributed by atoms with van der Waals surface area (Å²) in [6.45, 7) is 8.00.